The molecule has 1 heterocycles. The fraction of sp³-hybridized carbons (Fsp3) is 0.526. The number of benzene rings is 1. The van der Waals surface area contributed by atoms with Gasteiger partial charge in [-0.2, -0.15) is 0 Å². The van der Waals surface area contributed by atoms with Crippen molar-refractivity contribution in [3.63, 3.8) is 0 Å². The molecule has 3 N–H and O–H groups in total. The Morgan fingerprint density at radius 3 is 2.46 bits per heavy atom. The molecular formula is C19H26N4O3. The van der Waals surface area contributed by atoms with Gasteiger partial charge in [0.1, 0.15) is 0 Å². The number of hydrogen-bond donors (Lipinski definition) is 3. The average Bonchev–Trinajstić information content (AvgIpc) is 3.44. The van der Waals surface area contributed by atoms with Gasteiger partial charge in [-0.1, -0.05) is 0 Å². The van der Waals surface area contributed by atoms with E-state index in [1.807, 2.05) is 4.90 Å². The van der Waals surface area contributed by atoms with E-state index in [1.54, 1.807) is 24.3 Å². The Kier molecular flexibility index (Phi) is 5.75. The van der Waals surface area contributed by atoms with Crippen LogP contribution in [-0.2, 0) is 4.79 Å². The number of carbonyl (C=O) groups excluding carboxylic acids is 3. The van der Waals surface area contributed by atoms with Crippen LogP contribution in [-0.4, -0.2) is 47.9 Å². The van der Waals surface area contributed by atoms with E-state index in [9.17, 15) is 14.4 Å². The molecule has 26 heavy (non-hydrogen) atoms. The molecule has 1 saturated carbocycles. The number of anilines is 1. The Morgan fingerprint density at radius 2 is 1.81 bits per heavy atom. The van der Waals surface area contributed by atoms with Gasteiger partial charge in [0.15, 0.2) is 0 Å². The summed E-state index contributed by atoms with van der Waals surface area (Å²) in [6.45, 7) is 2.79. The van der Waals surface area contributed by atoms with Crippen LogP contribution in [0.5, 0.6) is 0 Å². The molecule has 4 amide bonds. The number of hydrogen-bond acceptors (Lipinski definition) is 3. The van der Waals surface area contributed by atoms with Gasteiger partial charge in [0, 0.05) is 29.9 Å². The zero-order chi connectivity index (χ0) is 18.5. The van der Waals surface area contributed by atoms with Crippen LogP contribution < -0.4 is 16.0 Å². The van der Waals surface area contributed by atoms with Crippen molar-refractivity contribution in [1.82, 2.24) is 15.5 Å². The predicted molar refractivity (Wildman–Crippen MR) is 99.0 cm³/mol. The van der Waals surface area contributed by atoms with Gasteiger partial charge >= 0.3 is 6.03 Å². The molecule has 0 spiro atoms. The van der Waals surface area contributed by atoms with E-state index in [-0.39, 0.29) is 36.5 Å². The summed E-state index contributed by atoms with van der Waals surface area (Å²) in [5.41, 5.74) is 1.22. The van der Waals surface area contributed by atoms with Gasteiger partial charge in [-0.25, -0.2) is 4.79 Å². The topological polar surface area (TPSA) is 90.5 Å². The summed E-state index contributed by atoms with van der Waals surface area (Å²) in [6.07, 6.45) is 5.26. The van der Waals surface area contributed by atoms with E-state index < -0.39 is 0 Å². The molecule has 2 fully saturated rings. The first-order valence-corrected chi connectivity index (χ1v) is 9.28. The summed E-state index contributed by atoms with van der Waals surface area (Å²) in [5.74, 6) is -0.270. The molecule has 0 radical (unpaired) electrons. The van der Waals surface area contributed by atoms with Crippen molar-refractivity contribution in [3.8, 4) is 0 Å². The largest absolute Gasteiger partial charge is 0.336 e. The number of urea groups is 1. The lowest BCUT2D eigenvalue weighted by Gasteiger charge is -2.33. The van der Waals surface area contributed by atoms with Crippen molar-refractivity contribution in [3.05, 3.63) is 29.8 Å². The number of piperidine rings is 1. The molecule has 3 rings (SSSR count). The zero-order valence-electron chi connectivity index (χ0n) is 15.1. The summed E-state index contributed by atoms with van der Waals surface area (Å²) in [4.78, 5) is 37.9. The second-order valence-corrected chi connectivity index (χ2v) is 7.07. The van der Waals surface area contributed by atoms with Crippen LogP contribution in [0, 0.1) is 0 Å². The molecule has 1 aromatic rings. The molecular weight excluding hydrogens is 332 g/mol. The van der Waals surface area contributed by atoms with E-state index in [0.717, 1.165) is 32.2 Å². The Bertz CT molecular complexity index is 670. The van der Waals surface area contributed by atoms with E-state index in [2.05, 4.69) is 22.9 Å². The van der Waals surface area contributed by atoms with Crippen LogP contribution in [0.4, 0.5) is 10.5 Å². The minimum atomic E-state index is -0.320. The molecule has 1 aliphatic carbocycles. The molecule has 1 atom stereocenters. The average molecular weight is 358 g/mol. The number of nitrogens with one attached hydrogen (secondary N) is 3. The first-order valence-electron chi connectivity index (χ1n) is 9.28. The minimum absolute atomic E-state index is 0.0356. The molecule has 140 valence electrons. The molecule has 7 nitrogen and oxygen atoms in total. The predicted octanol–water partition coefficient (Wildman–Crippen LogP) is 2.10. The van der Waals surface area contributed by atoms with Crippen LogP contribution in [0.25, 0.3) is 0 Å². The van der Waals surface area contributed by atoms with Gasteiger partial charge in [-0.15, -0.1) is 0 Å². The summed E-state index contributed by atoms with van der Waals surface area (Å²) >= 11 is 0. The maximum Gasteiger partial charge on any atom is 0.315 e. The normalized spacial score (nSPS) is 19.6. The van der Waals surface area contributed by atoms with Crippen molar-refractivity contribution < 1.29 is 14.4 Å². The summed E-state index contributed by atoms with van der Waals surface area (Å²) in [5, 5.41) is 8.00. The SMILES string of the molecule is C[C@@H]1CCCCN1C(=O)c1ccc(NC(=O)CNC(=O)NC2CC2)cc1. The van der Waals surface area contributed by atoms with E-state index in [4.69, 9.17) is 0 Å². The Balaban J connectivity index is 1.48. The first-order chi connectivity index (χ1) is 12.5. The van der Waals surface area contributed by atoms with Gasteiger partial charge < -0.3 is 20.9 Å². The fourth-order valence-electron chi connectivity index (χ4n) is 3.09. The molecule has 1 aliphatic heterocycles. The van der Waals surface area contributed by atoms with E-state index in [1.165, 1.54) is 6.42 Å². The van der Waals surface area contributed by atoms with Gasteiger partial charge in [-0.05, 0) is 63.3 Å². The summed E-state index contributed by atoms with van der Waals surface area (Å²) in [6, 6.07) is 7.08. The third-order valence-electron chi connectivity index (χ3n) is 4.80. The van der Waals surface area contributed by atoms with Crippen molar-refractivity contribution in [2.45, 2.75) is 51.1 Å². The smallest absolute Gasteiger partial charge is 0.315 e. The third kappa shape index (κ3) is 4.97. The van der Waals surface area contributed by atoms with Gasteiger partial charge in [0.05, 0.1) is 6.54 Å². The minimum Gasteiger partial charge on any atom is -0.336 e. The third-order valence-corrected chi connectivity index (χ3v) is 4.80. The second-order valence-electron chi connectivity index (χ2n) is 7.07. The lowest BCUT2D eigenvalue weighted by molar-refractivity contribution is -0.115. The molecule has 2 aliphatic rings. The maximum atomic E-state index is 12.6. The highest BCUT2D eigenvalue weighted by molar-refractivity contribution is 5.97. The zero-order valence-corrected chi connectivity index (χ0v) is 15.1. The van der Waals surface area contributed by atoms with Gasteiger partial charge in [0.2, 0.25) is 5.91 Å². The van der Waals surface area contributed by atoms with Crippen molar-refractivity contribution >= 4 is 23.5 Å². The molecule has 7 heteroatoms. The highest BCUT2D eigenvalue weighted by atomic mass is 16.2. The van der Waals surface area contributed by atoms with Crippen LogP contribution in [0.15, 0.2) is 24.3 Å². The first kappa shape index (κ1) is 18.2. The van der Waals surface area contributed by atoms with Crippen molar-refractivity contribution in [2.24, 2.45) is 0 Å². The van der Waals surface area contributed by atoms with E-state index >= 15 is 0 Å². The van der Waals surface area contributed by atoms with Gasteiger partial charge in [-0.3, -0.25) is 9.59 Å². The number of likely N-dealkylation sites (tertiary alicyclic amines) is 1. The quantitative estimate of drug-likeness (QED) is 0.753. The molecule has 0 aromatic heterocycles. The molecule has 1 saturated heterocycles. The second kappa shape index (κ2) is 8.21. The number of carbonyl (C=O) groups is 3. The Hall–Kier alpha value is -2.57. The van der Waals surface area contributed by atoms with Crippen LogP contribution in [0.1, 0.15) is 49.4 Å². The number of amides is 4. The highest BCUT2D eigenvalue weighted by Gasteiger charge is 2.24. The molecule has 0 unspecified atom stereocenters. The monoisotopic (exact) mass is 358 g/mol. The van der Waals surface area contributed by atoms with Crippen molar-refractivity contribution in [2.75, 3.05) is 18.4 Å². The van der Waals surface area contributed by atoms with Crippen LogP contribution in [0.2, 0.25) is 0 Å². The number of rotatable bonds is 5. The van der Waals surface area contributed by atoms with Crippen LogP contribution in [0.3, 0.4) is 0 Å². The van der Waals surface area contributed by atoms with E-state index in [0.29, 0.717) is 11.3 Å². The highest BCUT2D eigenvalue weighted by Crippen LogP contribution is 2.20. The van der Waals surface area contributed by atoms with Crippen LogP contribution >= 0.6 is 0 Å². The maximum absolute atomic E-state index is 12.6. The fourth-order valence-corrected chi connectivity index (χ4v) is 3.09. The Morgan fingerprint density at radius 1 is 1.08 bits per heavy atom. The standard InChI is InChI=1S/C19H26N4O3/c1-13-4-2-3-11-23(13)18(25)14-5-7-15(8-6-14)21-17(24)12-20-19(26)22-16-9-10-16/h5-8,13,16H,2-4,9-12H2,1H3,(H,21,24)(H2,20,22,26)/t13-/m1/s1. The Labute approximate surface area is 153 Å². The lowest BCUT2D eigenvalue weighted by atomic mass is 10.0. The lowest BCUT2D eigenvalue weighted by Crippen LogP contribution is -2.42. The summed E-state index contributed by atoms with van der Waals surface area (Å²) < 4.78 is 0. The molecule has 0 bridgehead atoms. The molecule has 1 aromatic carbocycles. The number of nitrogens with zero attached hydrogens (tertiary/aromatic N) is 1. The van der Waals surface area contributed by atoms with Crippen molar-refractivity contribution in [1.29, 1.82) is 0 Å². The van der Waals surface area contributed by atoms with Gasteiger partial charge in [0.25, 0.3) is 5.91 Å². The summed E-state index contributed by atoms with van der Waals surface area (Å²) in [7, 11) is 0.